The fraction of sp³-hybridized carbons (Fsp3) is 0.200. The first-order valence-electron chi connectivity index (χ1n) is 8.26. The Bertz CT molecular complexity index is 873. The number of ether oxygens (including phenoxy) is 2. The van der Waals surface area contributed by atoms with Gasteiger partial charge >= 0.3 is 0 Å². The summed E-state index contributed by atoms with van der Waals surface area (Å²) in [6.07, 6.45) is 1.82. The molecule has 1 aliphatic heterocycles. The summed E-state index contributed by atoms with van der Waals surface area (Å²) in [6.45, 7) is 4.51. The van der Waals surface area contributed by atoms with Gasteiger partial charge in [0.05, 0.1) is 24.3 Å². The standard InChI is InChI=1S/C20H20N2O3S/c1-4-25-16-10-7-14(11-17(16)24-3)12-18-19(23)22-20(26-18)21-15-8-5-13(2)6-9-15/h5-12H,4H2,1-3H3,(H,21,22,23)/b18-12-. The number of hydrogen-bond acceptors (Lipinski definition) is 5. The molecule has 6 heteroatoms. The van der Waals surface area contributed by atoms with Crippen LogP contribution in [0.1, 0.15) is 18.1 Å². The van der Waals surface area contributed by atoms with Crippen LogP contribution in [0, 0.1) is 6.92 Å². The normalized spacial score (nSPS) is 16.8. The van der Waals surface area contributed by atoms with Crippen molar-refractivity contribution in [3.63, 3.8) is 0 Å². The van der Waals surface area contributed by atoms with Crippen molar-refractivity contribution < 1.29 is 14.3 Å². The zero-order valence-corrected chi connectivity index (χ0v) is 15.7. The molecule has 1 saturated heterocycles. The third-order valence-corrected chi connectivity index (χ3v) is 4.61. The van der Waals surface area contributed by atoms with E-state index in [1.54, 1.807) is 7.11 Å². The van der Waals surface area contributed by atoms with Crippen LogP contribution in [-0.4, -0.2) is 24.8 Å². The number of amidine groups is 1. The van der Waals surface area contributed by atoms with Crippen molar-refractivity contribution in [2.24, 2.45) is 4.99 Å². The number of nitrogens with zero attached hydrogens (tertiary/aromatic N) is 1. The van der Waals surface area contributed by atoms with Gasteiger partial charge in [-0.05, 0) is 61.5 Å². The van der Waals surface area contributed by atoms with Gasteiger partial charge in [-0.2, -0.15) is 0 Å². The van der Waals surface area contributed by atoms with E-state index in [0.717, 1.165) is 11.3 Å². The summed E-state index contributed by atoms with van der Waals surface area (Å²) in [4.78, 5) is 17.3. The summed E-state index contributed by atoms with van der Waals surface area (Å²) in [5.74, 6) is 1.16. The third-order valence-electron chi connectivity index (χ3n) is 3.70. The van der Waals surface area contributed by atoms with E-state index in [2.05, 4.69) is 10.3 Å². The van der Waals surface area contributed by atoms with Crippen LogP contribution >= 0.6 is 11.8 Å². The molecule has 134 valence electrons. The minimum atomic E-state index is -0.159. The molecule has 0 aliphatic carbocycles. The van der Waals surface area contributed by atoms with Gasteiger partial charge in [-0.1, -0.05) is 23.8 Å². The van der Waals surface area contributed by atoms with Gasteiger partial charge in [0.25, 0.3) is 5.91 Å². The molecule has 1 fully saturated rings. The number of hydrogen-bond donors (Lipinski definition) is 1. The molecule has 2 aromatic rings. The molecule has 0 radical (unpaired) electrons. The lowest BCUT2D eigenvalue weighted by Gasteiger charge is -2.09. The molecule has 1 aliphatic rings. The fourth-order valence-corrected chi connectivity index (χ4v) is 3.26. The lowest BCUT2D eigenvalue weighted by atomic mass is 10.2. The Morgan fingerprint density at radius 2 is 1.92 bits per heavy atom. The quantitative estimate of drug-likeness (QED) is 0.800. The summed E-state index contributed by atoms with van der Waals surface area (Å²) in [6, 6.07) is 13.4. The van der Waals surface area contributed by atoms with Crippen LogP contribution in [0.15, 0.2) is 52.4 Å². The number of rotatable bonds is 5. The van der Waals surface area contributed by atoms with Gasteiger partial charge in [-0.3, -0.25) is 4.79 Å². The summed E-state index contributed by atoms with van der Waals surface area (Å²) in [5, 5.41) is 3.37. The summed E-state index contributed by atoms with van der Waals surface area (Å²) >= 11 is 1.32. The van der Waals surface area contributed by atoms with Gasteiger partial charge in [0.15, 0.2) is 16.7 Å². The van der Waals surface area contributed by atoms with Crippen LogP contribution in [0.5, 0.6) is 11.5 Å². The van der Waals surface area contributed by atoms with E-state index >= 15 is 0 Å². The molecule has 2 aromatic carbocycles. The summed E-state index contributed by atoms with van der Waals surface area (Å²) < 4.78 is 10.9. The van der Waals surface area contributed by atoms with Gasteiger partial charge in [0.1, 0.15) is 0 Å². The second-order valence-corrected chi connectivity index (χ2v) is 6.69. The Labute approximate surface area is 157 Å². The molecule has 0 unspecified atom stereocenters. The molecule has 1 amide bonds. The number of thioether (sulfide) groups is 1. The van der Waals surface area contributed by atoms with Crippen molar-refractivity contribution in [2.75, 3.05) is 13.7 Å². The molecular formula is C20H20N2O3S. The fourth-order valence-electron chi connectivity index (χ4n) is 2.42. The smallest absolute Gasteiger partial charge is 0.264 e. The van der Waals surface area contributed by atoms with Crippen molar-refractivity contribution >= 4 is 34.6 Å². The van der Waals surface area contributed by atoms with E-state index in [1.165, 1.54) is 17.3 Å². The lowest BCUT2D eigenvalue weighted by molar-refractivity contribution is -0.115. The first-order chi connectivity index (χ1) is 12.6. The van der Waals surface area contributed by atoms with E-state index in [4.69, 9.17) is 9.47 Å². The number of benzene rings is 2. The zero-order valence-electron chi connectivity index (χ0n) is 14.9. The number of carbonyl (C=O) groups excluding carboxylic acids is 1. The van der Waals surface area contributed by atoms with E-state index < -0.39 is 0 Å². The third kappa shape index (κ3) is 4.26. The molecule has 3 rings (SSSR count). The maximum Gasteiger partial charge on any atom is 0.264 e. The van der Waals surface area contributed by atoms with Crippen molar-refractivity contribution in [2.45, 2.75) is 13.8 Å². The second-order valence-electron chi connectivity index (χ2n) is 5.66. The van der Waals surface area contributed by atoms with Gasteiger partial charge in [0.2, 0.25) is 0 Å². The average molecular weight is 368 g/mol. The van der Waals surface area contributed by atoms with E-state index in [0.29, 0.717) is 28.2 Å². The van der Waals surface area contributed by atoms with E-state index in [1.807, 2.05) is 62.4 Å². The SMILES string of the molecule is CCOc1ccc(/C=C2\SC(=Nc3ccc(C)cc3)NC2=O)cc1OC. The first kappa shape index (κ1) is 18.1. The molecule has 0 saturated carbocycles. The predicted octanol–water partition coefficient (Wildman–Crippen LogP) is 4.29. The summed E-state index contributed by atoms with van der Waals surface area (Å²) in [7, 11) is 1.60. The lowest BCUT2D eigenvalue weighted by Crippen LogP contribution is -2.19. The van der Waals surface area contributed by atoms with Crippen LogP contribution in [0.4, 0.5) is 5.69 Å². The Morgan fingerprint density at radius 1 is 1.15 bits per heavy atom. The van der Waals surface area contributed by atoms with Crippen LogP contribution in [-0.2, 0) is 4.79 Å². The van der Waals surface area contributed by atoms with E-state index in [9.17, 15) is 4.79 Å². The molecule has 1 heterocycles. The van der Waals surface area contributed by atoms with Crippen LogP contribution in [0.2, 0.25) is 0 Å². The monoisotopic (exact) mass is 368 g/mol. The molecule has 0 aromatic heterocycles. The Balaban J connectivity index is 1.81. The highest BCUT2D eigenvalue weighted by atomic mass is 32.2. The minimum Gasteiger partial charge on any atom is -0.493 e. The van der Waals surface area contributed by atoms with E-state index in [-0.39, 0.29) is 5.91 Å². The number of amides is 1. The number of carbonyl (C=O) groups is 1. The zero-order chi connectivity index (χ0) is 18.5. The molecule has 0 bridgehead atoms. The molecule has 26 heavy (non-hydrogen) atoms. The Morgan fingerprint density at radius 3 is 2.62 bits per heavy atom. The summed E-state index contributed by atoms with van der Waals surface area (Å²) in [5.41, 5.74) is 2.84. The van der Waals surface area contributed by atoms with Gasteiger partial charge < -0.3 is 14.8 Å². The van der Waals surface area contributed by atoms with Crippen LogP contribution < -0.4 is 14.8 Å². The number of aryl methyl sites for hydroxylation is 1. The van der Waals surface area contributed by atoms with Crippen molar-refractivity contribution in [3.05, 3.63) is 58.5 Å². The second kappa shape index (κ2) is 8.10. The largest absolute Gasteiger partial charge is 0.493 e. The van der Waals surface area contributed by atoms with Crippen molar-refractivity contribution in [1.82, 2.24) is 5.32 Å². The van der Waals surface area contributed by atoms with Crippen LogP contribution in [0.3, 0.4) is 0 Å². The maximum atomic E-state index is 12.2. The number of methoxy groups -OCH3 is 1. The van der Waals surface area contributed by atoms with Crippen molar-refractivity contribution in [3.8, 4) is 11.5 Å². The van der Waals surface area contributed by atoms with Crippen molar-refractivity contribution in [1.29, 1.82) is 0 Å². The van der Waals surface area contributed by atoms with Crippen LogP contribution in [0.25, 0.3) is 6.08 Å². The maximum absolute atomic E-state index is 12.2. The predicted molar refractivity (Wildman–Crippen MR) is 106 cm³/mol. The highest BCUT2D eigenvalue weighted by Gasteiger charge is 2.24. The highest BCUT2D eigenvalue weighted by molar-refractivity contribution is 8.18. The first-order valence-corrected chi connectivity index (χ1v) is 9.08. The van der Waals surface area contributed by atoms with Gasteiger partial charge in [0, 0.05) is 0 Å². The highest BCUT2D eigenvalue weighted by Crippen LogP contribution is 2.32. The number of aliphatic imine (C=N–C) groups is 1. The minimum absolute atomic E-state index is 0.159. The molecule has 0 spiro atoms. The number of nitrogens with one attached hydrogen (secondary N) is 1. The molecule has 0 atom stereocenters. The molecular weight excluding hydrogens is 348 g/mol. The molecule has 1 N–H and O–H groups in total. The Hall–Kier alpha value is -2.73. The topological polar surface area (TPSA) is 59.9 Å². The van der Waals surface area contributed by atoms with Gasteiger partial charge in [-0.15, -0.1) is 0 Å². The Kier molecular flexibility index (Phi) is 5.63. The van der Waals surface area contributed by atoms with Gasteiger partial charge in [-0.25, -0.2) is 4.99 Å². The molecule has 5 nitrogen and oxygen atoms in total. The average Bonchev–Trinajstić information content (AvgIpc) is 2.97.